The van der Waals surface area contributed by atoms with Gasteiger partial charge in [-0.1, -0.05) is 153 Å². The Morgan fingerprint density at radius 3 is 1.20 bits per heavy atom. The van der Waals surface area contributed by atoms with Crippen LogP contribution in [0.1, 0.15) is 141 Å². The Morgan fingerprint density at radius 1 is 0.492 bits per heavy atom. The maximum Gasteiger partial charge on any atom is 2.00 e. The van der Waals surface area contributed by atoms with Crippen LogP contribution in [0.3, 0.4) is 0 Å². The number of benzene rings is 4. The summed E-state index contributed by atoms with van der Waals surface area (Å²) in [6.45, 7) is 4.48. The van der Waals surface area contributed by atoms with Crippen molar-refractivity contribution < 1.29 is 45.6 Å². The minimum atomic E-state index is -4.82. The van der Waals surface area contributed by atoms with Crippen LogP contribution in [0.25, 0.3) is 0 Å². The van der Waals surface area contributed by atoms with Crippen LogP contribution in [0.15, 0.2) is 94.7 Å². The topological polar surface area (TPSA) is 173 Å². The molecule has 0 heterocycles. The number of hydrogen-bond donors (Lipinski definition) is 2. The second-order valence-corrected chi connectivity index (χ2v) is 17.6. The molecule has 0 saturated heterocycles. The van der Waals surface area contributed by atoms with Gasteiger partial charge in [0.05, 0.1) is 4.90 Å². The SMILES string of the molecule is CCCCCCCCCCCc1ccc(Oc2ccc(O)c(S(=O)(=O)O)c2)cc1.CCCCCCCCCCCc1ccc(Oc2ccc([O-])c(S(=O)(=O)[O-])c2)cc1.[Ca+2]. The van der Waals surface area contributed by atoms with Crippen LogP contribution in [0.2, 0.25) is 0 Å². The second kappa shape index (κ2) is 28.6. The van der Waals surface area contributed by atoms with Gasteiger partial charge in [-0.2, -0.15) is 8.42 Å². The Kier molecular flexibility index (Phi) is 25.4. The largest absolute Gasteiger partial charge is 2.00 e. The predicted octanol–water partition coefficient (Wildman–Crippen LogP) is 11.7. The molecule has 4 aromatic rings. The van der Waals surface area contributed by atoms with Crippen LogP contribution in [-0.2, 0) is 33.1 Å². The molecule has 320 valence electrons. The van der Waals surface area contributed by atoms with Gasteiger partial charge < -0.3 is 24.2 Å². The Labute approximate surface area is 383 Å². The first-order chi connectivity index (χ1) is 27.8. The molecule has 0 aromatic heterocycles. The van der Waals surface area contributed by atoms with Gasteiger partial charge in [-0.15, -0.1) is 0 Å². The van der Waals surface area contributed by atoms with Crippen molar-refractivity contribution in [3.8, 4) is 34.5 Å². The van der Waals surface area contributed by atoms with Crippen molar-refractivity contribution in [3.63, 3.8) is 0 Å². The Bertz CT molecular complexity index is 1840. The molecule has 0 fully saturated rings. The molecule has 4 aromatic carbocycles. The van der Waals surface area contributed by atoms with E-state index in [4.69, 9.17) is 14.0 Å². The number of hydrogen-bond acceptors (Lipinski definition) is 9. The van der Waals surface area contributed by atoms with E-state index < -0.39 is 41.5 Å². The number of phenolic OH excluding ortho intramolecular Hbond substituents is 1. The fourth-order valence-electron chi connectivity index (χ4n) is 6.51. The number of aromatic hydroxyl groups is 1. The number of ether oxygens (including phenoxy) is 2. The molecule has 0 aliphatic carbocycles. The van der Waals surface area contributed by atoms with Crippen molar-refractivity contribution in [2.24, 2.45) is 0 Å². The molecular weight excluding hydrogens is 817 g/mol. The van der Waals surface area contributed by atoms with Crippen LogP contribution in [0, 0.1) is 0 Å². The van der Waals surface area contributed by atoms with Crippen molar-refractivity contribution in [2.45, 2.75) is 152 Å². The maximum atomic E-state index is 11.5. The van der Waals surface area contributed by atoms with E-state index in [2.05, 4.69) is 13.8 Å². The van der Waals surface area contributed by atoms with Gasteiger partial charge >= 0.3 is 37.7 Å². The van der Waals surface area contributed by atoms with Crippen molar-refractivity contribution in [2.75, 3.05) is 0 Å². The van der Waals surface area contributed by atoms with E-state index >= 15 is 0 Å². The molecule has 13 heteroatoms. The summed E-state index contributed by atoms with van der Waals surface area (Å²) >= 11 is 0. The van der Waals surface area contributed by atoms with Crippen LogP contribution in [0.4, 0.5) is 0 Å². The van der Waals surface area contributed by atoms with E-state index in [1.807, 2.05) is 36.4 Å². The van der Waals surface area contributed by atoms with Gasteiger partial charge in [0.25, 0.3) is 10.1 Å². The summed E-state index contributed by atoms with van der Waals surface area (Å²) in [6, 6.07) is 22.3. The zero-order chi connectivity index (χ0) is 42.2. The number of phenols is 1. The van der Waals surface area contributed by atoms with Crippen molar-refractivity contribution in [1.82, 2.24) is 0 Å². The molecule has 0 saturated carbocycles. The Hall–Kier alpha value is -2.84. The number of aryl methyl sites for hydroxylation is 2. The third kappa shape index (κ3) is 21.5. The minimum absolute atomic E-state index is 0. The van der Waals surface area contributed by atoms with E-state index in [9.17, 15) is 31.6 Å². The zero-order valence-electron chi connectivity index (χ0n) is 34.9. The third-order valence-corrected chi connectivity index (χ3v) is 11.6. The molecule has 0 radical (unpaired) electrons. The van der Waals surface area contributed by atoms with Crippen molar-refractivity contribution in [1.29, 1.82) is 0 Å². The first-order valence-electron chi connectivity index (χ1n) is 20.9. The van der Waals surface area contributed by atoms with Crippen LogP contribution < -0.4 is 14.6 Å². The van der Waals surface area contributed by atoms with Gasteiger partial charge in [-0.25, -0.2) is 8.42 Å². The summed E-state index contributed by atoms with van der Waals surface area (Å²) in [7, 11) is -9.33. The summed E-state index contributed by atoms with van der Waals surface area (Å²) in [6.07, 6.45) is 25.5. The van der Waals surface area contributed by atoms with Gasteiger partial charge in [-0.3, -0.25) is 4.55 Å². The maximum absolute atomic E-state index is 11.5. The Morgan fingerprint density at radius 2 is 0.831 bits per heavy atom. The van der Waals surface area contributed by atoms with Gasteiger partial charge in [0, 0.05) is 6.07 Å². The average Bonchev–Trinajstić information content (AvgIpc) is 3.19. The fraction of sp³-hybridized carbons (Fsp3) is 0.478. The van der Waals surface area contributed by atoms with E-state index in [0.717, 1.165) is 37.5 Å². The standard InChI is InChI=1S/2C23H32O5S.Ca/c2*1-2-3-4-5-6-7-8-9-10-11-19-12-14-20(15-13-19)28-21-16-17-22(24)23(18-21)29(25,26)27;/h2*12-18,24H,2-11H2,1H3,(H,25,26,27);/q;;+2/p-2. The van der Waals surface area contributed by atoms with Crippen LogP contribution >= 0.6 is 0 Å². The fourth-order valence-corrected chi connectivity index (χ4v) is 7.68. The first-order valence-corrected chi connectivity index (χ1v) is 23.8. The molecule has 10 nitrogen and oxygen atoms in total. The molecule has 59 heavy (non-hydrogen) atoms. The Balaban J connectivity index is 0.000000400. The van der Waals surface area contributed by atoms with E-state index in [0.29, 0.717) is 11.5 Å². The predicted molar refractivity (Wildman–Crippen MR) is 232 cm³/mol. The van der Waals surface area contributed by atoms with Gasteiger partial charge in [0.2, 0.25) is 0 Å². The van der Waals surface area contributed by atoms with Gasteiger partial charge in [0.15, 0.2) is 0 Å². The van der Waals surface area contributed by atoms with Crippen molar-refractivity contribution >= 4 is 58.0 Å². The monoisotopic (exact) mass is 878 g/mol. The summed E-state index contributed by atoms with van der Waals surface area (Å²) in [4.78, 5) is -1.37. The summed E-state index contributed by atoms with van der Waals surface area (Å²) < 4.78 is 76.2. The molecule has 0 amide bonds. The minimum Gasteiger partial charge on any atom is -0.872 e. The zero-order valence-corrected chi connectivity index (χ0v) is 38.8. The van der Waals surface area contributed by atoms with Gasteiger partial charge in [-0.05, 0) is 85.3 Å². The first kappa shape index (κ1) is 52.3. The third-order valence-electron chi connectivity index (χ3n) is 9.85. The van der Waals surface area contributed by atoms with E-state index in [1.165, 1.54) is 138 Å². The molecule has 0 spiro atoms. The molecule has 0 atom stereocenters. The summed E-state index contributed by atoms with van der Waals surface area (Å²) in [5.74, 6) is 0.106. The molecule has 0 unspecified atom stereocenters. The molecule has 4 rings (SSSR count). The van der Waals surface area contributed by atoms with Crippen LogP contribution in [-0.4, -0.2) is 68.8 Å². The summed E-state index contributed by atoms with van der Waals surface area (Å²) in [5.41, 5.74) is 2.46. The van der Waals surface area contributed by atoms with E-state index in [-0.39, 0.29) is 49.2 Å². The molecule has 2 N–H and O–H groups in total. The molecular formula is C46H62CaO10S2. The second-order valence-electron chi connectivity index (χ2n) is 14.8. The quantitative estimate of drug-likeness (QED) is 0.0351. The van der Waals surface area contributed by atoms with E-state index in [1.54, 1.807) is 12.1 Å². The smallest absolute Gasteiger partial charge is 0.872 e. The average molecular weight is 879 g/mol. The number of unbranched alkanes of at least 4 members (excludes halogenated alkanes) is 16. The van der Waals surface area contributed by atoms with Crippen LogP contribution in [0.5, 0.6) is 34.5 Å². The van der Waals surface area contributed by atoms with Crippen molar-refractivity contribution in [3.05, 3.63) is 96.1 Å². The molecule has 0 bridgehead atoms. The number of rotatable bonds is 26. The normalized spacial score (nSPS) is 11.3. The molecule has 0 aliphatic rings. The van der Waals surface area contributed by atoms with Gasteiger partial charge in [0.1, 0.15) is 43.8 Å². The molecule has 0 aliphatic heterocycles. The summed E-state index contributed by atoms with van der Waals surface area (Å²) in [5, 5.41) is 21.1.